The average Bonchev–Trinajstić information content (AvgIpc) is 2.68. The summed E-state index contributed by atoms with van der Waals surface area (Å²) in [4.78, 5) is 10.9. The van der Waals surface area contributed by atoms with E-state index in [1.807, 2.05) is 0 Å². The van der Waals surface area contributed by atoms with Crippen molar-refractivity contribution in [3.63, 3.8) is 0 Å². The molecule has 0 amide bonds. The van der Waals surface area contributed by atoms with Gasteiger partial charge >= 0.3 is 5.97 Å². The zero-order valence-electron chi connectivity index (χ0n) is 8.58. The third kappa shape index (κ3) is 1.06. The summed E-state index contributed by atoms with van der Waals surface area (Å²) in [5, 5.41) is 0. The molecule has 0 heterocycles. The SMILES string of the molecule is CC(=O)OC1=C2CC(C1)C1CCCC21. The highest BCUT2D eigenvalue weighted by Crippen LogP contribution is 2.58. The molecule has 0 aromatic rings. The fourth-order valence-corrected chi connectivity index (χ4v) is 3.76. The van der Waals surface area contributed by atoms with Crippen molar-refractivity contribution in [1.82, 2.24) is 0 Å². The van der Waals surface area contributed by atoms with Crippen LogP contribution in [0.3, 0.4) is 0 Å². The minimum atomic E-state index is -0.144. The molecule has 3 unspecified atom stereocenters. The molecular formula is C12H16O2. The van der Waals surface area contributed by atoms with Gasteiger partial charge in [-0.15, -0.1) is 0 Å². The van der Waals surface area contributed by atoms with Gasteiger partial charge in [0.2, 0.25) is 0 Å². The van der Waals surface area contributed by atoms with Crippen LogP contribution in [-0.4, -0.2) is 5.97 Å². The van der Waals surface area contributed by atoms with Crippen LogP contribution in [0.5, 0.6) is 0 Å². The summed E-state index contributed by atoms with van der Waals surface area (Å²) in [5.41, 5.74) is 1.49. The number of esters is 1. The summed E-state index contributed by atoms with van der Waals surface area (Å²) in [6.07, 6.45) is 6.38. The molecule has 0 spiro atoms. The molecular weight excluding hydrogens is 176 g/mol. The average molecular weight is 192 g/mol. The van der Waals surface area contributed by atoms with Crippen LogP contribution in [0.2, 0.25) is 0 Å². The molecule has 3 aliphatic rings. The molecule has 0 saturated heterocycles. The van der Waals surface area contributed by atoms with Gasteiger partial charge in [-0.3, -0.25) is 4.79 Å². The van der Waals surface area contributed by atoms with E-state index in [0.717, 1.165) is 29.9 Å². The Morgan fingerprint density at radius 2 is 2.21 bits per heavy atom. The van der Waals surface area contributed by atoms with Gasteiger partial charge in [0.1, 0.15) is 5.76 Å². The Labute approximate surface area is 84.3 Å². The predicted molar refractivity (Wildman–Crippen MR) is 52.3 cm³/mol. The molecule has 2 nitrogen and oxygen atoms in total. The molecule has 2 fully saturated rings. The number of hydrogen-bond acceptors (Lipinski definition) is 2. The molecule has 0 aliphatic heterocycles. The van der Waals surface area contributed by atoms with Crippen LogP contribution in [0.25, 0.3) is 0 Å². The molecule has 14 heavy (non-hydrogen) atoms. The first kappa shape index (κ1) is 8.51. The third-order valence-corrected chi connectivity index (χ3v) is 4.18. The second-order valence-corrected chi connectivity index (χ2v) is 4.91. The van der Waals surface area contributed by atoms with Crippen LogP contribution >= 0.6 is 0 Å². The van der Waals surface area contributed by atoms with Gasteiger partial charge in [-0.25, -0.2) is 0 Å². The van der Waals surface area contributed by atoms with E-state index in [1.165, 1.54) is 38.2 Å². The zero-order chi connectivity index (χ0) is 9.71. The standard InChI is InChI=1S/C12H16O2/c1-7(13)14-12-6-8-5-11(12)10-4-2-3-9(8)10/h8-10H,2-6H2,1H3. The molecule has 0 aromatic heterocycles. The monoisotopic (exact) mass is 192 g/mol. The lowest BCUT2D eigenvalue weighted by atomic mass is 9.85. The van der Waals surface area contributed by atoms with Crippen molar-refractivity contribution in [2.75, 3.05) is 0 Å². The van der Waals surface area contributed by atoms with Crippen LogP contribution in [-0.2, 0) is 9.53 Å². The van der Waals surface area contributed by atoms with Gasteiger partial charge in [0.15, 0.2) is 0 Å². The topological polar surface area (TPSA) is 26.3 Å². The van der Waals surface area contributed by atoms with Gasteiger partial charge in [-0.1, -0.05) is 6.42 Å². The van der Waals surface area contributed by atoms with Gasteiger partial charge in [-0.2, -0.15) is 0 Å². The van der Waals surface area contributed by atoms with E-state index < -0.39 is 0 Å². The lowest BCUT2D eigenvalue weighted by molar-refractivity contribution is -0.137. The first-order valence-electron chi connectivity index (χ1n) is 5.66. The van der Waals surface area contributed by atoms with Gasteiger partial charge in [0.05, 0.1) is 0 Å². The number of carbonyl (C=O) groups excluding carboxylic acids is 1. The first-order chi connectivity index (χ1) is 6.75. The van der Waals surface area contributed by atoms with Crippen LogP contribution in [0.1, 0.15) is 39.0 Å². The highest BCUT2D eigenvalue weighted by atomic mass is 16.5. The lowest BCUT2D eigenvalue weighted by Gasteiger charge is -2.22. The highest BCUT2D eigenvalue weighted by Gasteiger charge is 2.48. The summed E-state index contributed by atoms with van der Waals surface area (Å²) < 4.78 is 5.29. The highest BCUT2D eigenvalue weighted by molar-refractivity contribution is 5.67. The van der Waals surface area contributed by atoms with E-state index in [2.05, 4.69) is 0 Å². The molecule has 3 atom stereocenters. The quantitative estimate of drug-likeness (QED) is 0.597. The Kier molecular flexibility index (Phi) is 1.73. The number of ether oxygens (including phenoxy) is 1. The minimum absolute atomic E-state index is 0.144. The molecule has 0 radical (unpaired) electrons. The number of carbonyl (C=O) groups is 1. The minimum Gasteiger partial charge on any atom is -0.431 e. The summed E-state index contributed by atoms with van der Waals surface area (Å²) in [5.74, 6) is 3.42. The predicted octanol–water partition coefficient (Wildman–Crippen LogP) is 2.64. The van der Waals surface area contributed by atoms with E-state index in [0.29, 0.717) is 0 Å². The summed E-state index contributed by atoms with van der Waals surface area (Å²) in [7, 11) is 0. The van der Waals surface area contributed by atoms with Crippen LogP contribution in [0.4, 0.5) is 0 Å². The maximum Gasteiger partial charge on any atom is 0.307 e. The second kappa shape index (κ2) is 2.85. The lowest BCUT2D eigenvalue weighted by Crippen LogP contribution is -2.16. The Hall–Kier alpha value is -0.790. The summed E-state index contributed by atoms with van der Waals surface area (Å²) in [6, 6.07) is 0. The van der Waals surface area contributed by atoms with Crippen LogP contribution in [0, 0.1) is 17.8 Å². The van der Waals surface area contributed by atoms with Crippen molar-refractivity contribution in [3.8, 4) is 0 Å². The maximum atomic E-state index is 10.9. The Bertz CT molecular complexity index is 316. The van der Waals surface area contributed by atoms with E-state index in [9.17, 15) is 4.79 Å². The Balaban J connectivity index is 1.87. The van der Waals surface area contributed by atoms with E-state index in [1.54, 1.807) is 0 Å². The molecule has 0 N–H and O–H groups in total. The van der Waals surface area contributed by atoms with Crippen molar-refractivity contribution in [2.24, 2.45) is 17.8 Å². The number of hydrogen-bond donors (Lipinski definition) is 0. The second-order valence-electron chi connectivity index (χ2n) is 4.91. The van der Waals surface area contributed by atoms with Crippen molar-refractivity contribution in [3.05, 3.63) is 11.3 Å². The van der Waals surface area contributed by atoms with E-state index in [-0.39, 0.29) is 5.97 Å². The first-order valence-corrected chi connectivity index (χ1v) is 5.66. The molecule has 2 heteroatoms. The van der Waals surface area contributed by atoms with Crippen LogP contribution < -0.4 is 0 Å². The Morgan fingerprint density at radius 1 is 1.36 bits per heavy atom. The van der Waals surface area contributed by atoms with Gasteiger partial charge in [0, 0.05) is 13.3 Å². The number of rotatable bonds is 1. The normalized spacial score (nSPS) is 39.1. The van der Waals surface area contributed by atoms with Crippen molar-refractivity contribution >= 4 is 5.97 Å². The molecule has 2 saturated carbocycles. The summed E-state index contributed by atoms with van der Waals surface area (Å²) in [6.45, 7) is 1.51. The molecule has 3 rings (SSSR count). The fraction of sp³-hybridized carbons (Fsp3) is 0.750. The third-order valence-electron chi connectivity index (χ3n) is 4.18. The zero-order valence-corrected chi connectivity index (χ0v) is 8.58. The van der Waals surface area contributed by atoms with E-state index in [4.69, 9.17) is 4.74 Å². The molecule has 0 aromatic carbocycles. The fourth-order valence-electron chi connectivity index (χ4n) is 3.76. The molecule has 76 valence electrons. The number of allylic oxidation sites excluding steroid dienone is 2. The maximum absolute atomic E-state index is 10.9. The largest absolute Gasteiger partial charge is 0.431 e. The van der Waals surface area contributed by atoms with Crippen molar-refractivity contribution in [2.45, 2.75) is 39.0 Å². The van der Waals surface area contributed by atoms with E-state index >= 15 is 0 Å². The smallest absolute Gasteiger partial charge is 0.307 e. The van der Waals surface area contributed by atoms with Crippen molar-refractivity contribution < 1.29 is 9.53 Å². The van der Waals surface area contributed by atoms with Gasteiger partial charge < -0.3 is 4.74 Å². The van der Waals surface area contributed by atoms with Gasteiger partial charge in [-0.05, 0) is 42.6 Å². The van der Waals surface area contributed by atoms with Crippen LogP contribution in [0.15, 0.2) is 11.3 Å². The Morgan fingerprint density at radius 3 is 3.00 bits per heavy atom. The van der Waals surface area contributed by atoms with Crippen molar-refractivity contribution in [1.29, 1.82) is 0 Å². The van der Waals surface area contributed by atoms with Gasteiger partial charge in [0.25, 0.3) is 0 Å². The molecule has 3 aliphatic carbocycles. The summed E-state index contributed by atoms with van der Waals surface area (Å²) >= 11 is 0. The molecule has 2 bridgehead atoms. The number of fused-ring (bicyclic) bond motifs is 5.